The van der Waals surface area contributed by atoms with Gasteiger partial charge in [0.1, 0.15) is 5.75 Å². The van der Waals surface area contributed by atoms with Crippen molar-refractivity contribution in [2.24, 2.45) is 5.92 Å². The van der Waals surface area contributed by atoms with Gasteiger partial charge in [-0.15, -0.1) is 0 Å². The molecule has 1 fully saturated rings. The normalized spacial score (nSPS) is 15.8. The average Bonchev–Trinajstić information content (AvgIpc) is 3.20. The Kier molecular flexibility index (Phi) is 7.05. The van der Waals surface area contributed by atoms with Gasteiger partial charge < -0.3 is 9.64 Å². The molecule has 0 unspecified atom stereocenters. The molecule has 3 heteroatoms. The van der Waals surface area contributed by atoms with Gasteiger partial charge in [-0.2, -0.15) is 0 Å². The fourth-order valence-corrected chi connectivity index (χ4v) is 3.58. The second-order valence-electron chi connectivity index (χ2n) is 7.89. The smallest absolute Gasteiger partial charge is 0.171 e. The minimum atomic E-state index is -0.114. The first kappa shape index (κ1) is 19.6. The number of rotatable bonds is 9. The first-order valence-corrected chi connectivity index (χ1v) is 10.2. The SMILES string of the molecule is CC(C)CCOc1ccc(C(=O)[C@H](CN2CCCC2)c2ccccc2)cc1. The second-order valence-corrected chi connectivity index (χ2v) is 7.89. The van der Waals surface area contributed by atoms with Crippen LogP contribution in [0.5, 0.6) is 5.75 Å². The molecule has 0 aliphatic carbocycles. The molecule has 0 saturated carbocycles. The summed E-state index contributed by atoms with van der Waals surface area (Å²) in [5, 5.41) is 0. The van der Waals surface area contributed by atoms with E-state index >= 15 is 0 Å². The maximum absolute atomic E-state index is 13.3. The van der Waals surface area contributed by atoms with Crippen LogP contribution in [0, 0.1) is 5.92 Å². The van der Waals surface area contributed by atoms with Gasteiger partial charge in [0.15, 0.2) is 5.78 Å². The van der Waals surface area contributed by atoms with E-state index in [4.69, 9.17) is 4.74 Å². The summed E-state index contributed by atoms with van der Waals surface area (Å²) in [5.74, 6) is 1.55. The molecule has 2 aromatic carbocycles. The van der Waals surface area contributed by atoms with Gasteiger partial charge in [0.05, 0.1) is 12.5 Å². The molecule has 1 aliphatic rings. The molecule has 1 aliphatic heterocycles. The molecule has 1 saturated heterocycles. The number of hydrogen-bond acceptors (Lipinski definition) is 3. The number of nitrogens with zero attached hydrogens (tertiary/aromatic N) is 1. The van der Waals surface area contributed by atoms with Crippen LogP contribution in [0.15, 0.2) is 54.6 Å². The number of carbonyl (C=O) groups excluding carboxylic acids is 1. The molecule has 0 spiro atoms. The highest BCUT2D eigenvalue weighted by molar-refractivity contribution is 6.01. The van der Waals surface area contributed by atoms with Gasteiger partial charge in [0, 0.05) is 12.1 Å². The standard InChI is InChI=1S/C24H31NO2/c1-19(2)14-17-27-22-12-10-21(11-13-22)24(26)23(18-25-15-6-7-16-25)20-8-4-3-5-9-20/h3-5,8-13,19,23H,6-7,14-18H2,1-2H3/t23-/m1/s1. The van der Waals surface area contributed by atoms with E-state index < -0.39 is 0 Å². The number of hydrogen-bond donors (Lipinski definition) is 0. The number of carbonyl (C=O) groups is 1. The van der Waals surface area contributed by atoms with Crippen LogP contribution in [-0.4, -0.2) is 36.9 Å². The predicted molar refractivity (Wildman–Crippen MR) is 111 cm³/mol. The second kappa shape index (κ2) is 9.70. The molecule has 0 amide bonds. The molecular formula is C24H31NO2. The van der Waals surface area contributed by atoms with E-state index in [1.807, 2.05) is 42.5 Å². The summed E-state index contributed by atoms with van der Waals surface area (Å²) >= 11 is 0. The lowest BCUT2D eigenvalue weighted by Crippen LogP contribution is -2.30. The summed E-state index contributed by atoms with van der Waals surface area (Å²) in [6.45, 7) is 8.09. The summed E-state index contributed by atoms with van der Waals surface area (Å²) in [5.41, 5.74) is 1.87. The van der Waals surface area contributed by atoms with Gasteiger partial charge in [0.2, 0.25) is 0 Å². The van der Waals surface area contributed by atoms with E-state index in [9.17, 15) is 4.79 Å². The first-order chi connectivity index (χ1) is 13.1. The van der Waals surface area contributed by atoms with Crippen LogP contribution in [0.25, 0.3) is 0 Å². The number of Topliss-reactive ketones (excluding diaryl/α,β-unsaturated/α-hetero) is 1. The quantitative estimate of drug-likeness (QED) is 0.574. The Hall–Kier alpha value is -2.13. The summed E-state index contributed by atoms with van der Waals surface area (Å²) in [4.78, 5) is 15.7. The molecule has 1 atom stereocenters. The van der Waals surface area contributed by atoms with Crippen molar-refractivity contribution in [3.8, 4) is 5.75 Å². The third-order valence-electron chi connectivity index (χ3n) is 5.26. The first-order valence-electron chi connectivity index (χ1n) is 10.2. The lowest BCUT2D eigenvalue weighted by atomic mass is 9.90. The van der Waals surface area contributed by atoms with Crippen molar-refractivity contribution in [2.75, 3.05) is 26.2 Å². The van der Waals surface area contributed by atoms with E-state index in [0.29, 0.717) is 12.5 Å². The Bertz CT molecular complexity index is 703. The zero-order valence-corrected chi connectivity index (χ0v) is 16.6. The Morgan fingerprint density at radius 3 is 2.30 bits per heavy atom. The monoisotopic (exact) mass is 365 g/mol. The molecule has 0 N–H and O–H groups in total. The van der Waals surface area contributed by atoms with E-state index in [-0.39, 0.29) is 11.7 Å². The molecule has 0 aromatic heterocycles. The number of ether oxygens (including phenoxy) is 1. The zero-order chi connectivity index (χ0) is 19.1. The van der Waals surface area contributed by atoms with Crippen molar-refractivity contribution in [3.63, 3.8) is 0 Å². The number of ketones is 1. The molecule has 144 valence electrons. The van der Waals surface area contributed by atoms with Crippen molar-refractivity contribution in [1.82, 2.24) is 4.90 Å². The lowest BCUT2D eigenvalue weighted by molar-refractivity contribution is 0.0939. The molecule has 1 heterocycles. The zero-order valence-electron chi connectivity index (χ0n) is 16.6. The minimum Gasteiger partial charge on any atom is -0.494 e. The largest absolute Gasteiger partial charge is 0.494 e. The van der Waals surface area contributed by atoms with Crippen LogP contribution in [0.4, 0.5) is 0 Å². The molecule has 3 nitrogen and oxygen atoms in total. The van der Waals surface area contributed by atoms with Crippen LogP contribution in [-0.2, 0) is 0 Å². The van der Waals surface area contributed by atoms with Gasteiger partial charge in [-0.05, 0) is 68.1 Å². The van der Waals surface area contributed by atoms with E-state index in [1.54, 1.807) is 0 Å². The Balaban J connectivity index is 1.71. The van der Waals surface area contributed by atoms with Crippen molar-refractivity contribution >= 4 is 5.78 Å². The molecular weight excluding hydrogens is 334 g/mol. The third kappa shape index (κ3) is 5.67. The predicted octanol–water partition coefficient (Wildman–Crippen LogP) is 5.17. The molecule has 2 aromatic rings. The topological polar surface area (TPSA) is 29.5 Å². The van der Waals surface area contributed by atoms with E-state index in [2.05, 4.69) is 30.9 Å². The lowest BCUT2D eigenvalue weighted by Gasteiger charge is -2.23. The van der Waals surface area contributed by atoms with Gasteiger partial charge in [-0.1, -0.05) is 44.2 Å². The molecule has 27 heavy (non-hydrogen) atoms. The van der Waals surface area contributed by atoms with E-state index in [1.165, 1.54) is 12.8 Å². The maximum atomic E-state index is 13.3. The van der Waals surface area contributed by atoms with Crippen molar-refractivity contribution in [2.45, 2.75) is 39.0 Å². The highest BCUT2D eigenvalue weighted by Crippen LogP contribution is 2.25. The third-order valence-corrected chi connectivity index (χ3v) is 5.26. The summed E-state index contributed by atoms with van der Waals surface area (Å²) in [6, 6.07) is 17.8. The van der Waals surface area contributed by atoms with Crippen molar-refractivity contribution < 1.29 is 9.53 Å². The number of benzene rings is 2. The summed E-state index contributed by atoms with van der Waals surface area (Å²) in [6.07, 6.45) is 3.50. The number of likely N-dealkylation sites (tertiary alicyclic amines) is 1. The molecule has 0 radical (unpaired) electrons. The minimum absolute atomic E-state index is 0.114. The maximum Gasteiger partial charge on any atom is 0.171 e. The Morgan fingerprint density at radius 1 is 1.00 bits per heavy atom. The fraction of sp³-hybridized carbons (Fsp3) is 0.458. The van der Waals surface area contributed by atoms with Gasteiger partial charge >= 0.3 is 0 Å². The highest BCUT2D eigenvalue weighted by atomic mass is 16.5. The Labute approximate surface area is 163 Å². The van der Waals surface area contributed by atoms with E-state index in [0.717, 1.165) is 42.9 Å². The van der Waals surface area contributed by atoms with Gasteiger partial charge in [0.25, 0.3) is 0 Å². The highest BCUT2D eigenvalue weighted by Gasteiger charge is 2.26. The van der Waals surface area contributed by atoms with Crippen molar-refractivity contribution in [3.05, 3.63) is 65.7 Å². The fourth-order valence-electron chi connectivity index (χ4n) is 3.58. The van der Waals surface area contributed by atoms with Crippen LogP contribution < -0.4 is 4.74 Å². The average molecular weight is 366 g/mol. The van der Waals surface area contributed by atoms with Crippen LogP contribution in [0.1, 0.15) is 54.9 Å². The summed E-state index contributed by atoms with van der Waals surface area (Å²) < 4.78 is 5.78. The van der Waals surface area contributed by atoms with Crippen LogP contribution >= 0.6 is 0 Å². The van der Waals surface area contributed by atoms with Crippen LogP contribution in [0.2, 0.25) is 0 Å². The molecule has 0 bridgehead atoms. The molecule has 3 rings (SSSR count). The van der Waals surface area contributed by atoms with Crippen LogP contribution in [0.3, 0.4) is 0 Å². The van der Waals surface area contributed by atoms with Gasteiger partial charge in [-0.25, -0.2) is 0 Å². The summed E-state index contributed by atoms with van der Waals surface area (Å²) in [7, 11) is 0. The van der Waals surface area contributed by atoms with Gasteiger partial charge in [-0.3, -0.25) is 4.79 Å². The van der Waals surface area contributed by atoms with Crippen molar-refractivity contribution in [1.29, 1.82) is 0 Å². The Morgan fingerprint density at radius 2 is 1.67 bits per heavy atom.